The summed E-state index contributed by atoms with van der Waals surface area (Å²) in [6.07, 6.45) is 4.09. The van der Waals surface area contributed by atoms with Crippen LogP contribution in [0.15, 0.2) is 35.1 Å². The molecule has 0 radical (unpaired) electrons. The van der Waals surface area contributed by atoms with Gasteiger partial charge < -0.3 is 19.3 Å². The molecule has 0 bridgehead atoms. The van der Waals surface area contributed by atoms with E-state index in [2.05, 4.69) is 25.8 Å². The number of methoxy groups -OCH3 is 2. The third kappa shape index (κ3) is 4.36. The Labute approximate surface area is 174 Å². The molecule has 8 heteroatoms. The van der Waals surface area contributed by atoms with Gasteiger partial charge >= 0.3 is 0 Å². The van der Waals surface area contributed by atoms with E-state index in [1.54, 1.807) is 37.6 Å². The van der Waals surface area contributed by atoms with Gasteiger partial charge in [0.05, 0.1) is 25.5 Å². The maximum absolute atomic E-state index is 13.2. The quantitative estimate of drug-likeness (QED) is 0.706. The molecule has 0 N–H and O–H groups in total. The molecule has 0 saturated carbocycles. The number of anilines is 1. The monoisotopic (exact) mass is 455 g/mol. The van der Waals surface area contributed by atoms with Crippen LogP contribution < -0.4 is 14.4 Å². The molecular formula is C19H23BrClN3O3. The van der Waals surface area contributed by atoms with Gasteiger partial charge in [0.25, 0.3) is 5.91 Å². The van der Waals surface area contributed by atoms with E-state index >= 15 is 0 Å². The molecule has 1 atom stereocenters. The van der Waals surface area contributed by atoms with Crippen molar-refractivity contribution in [3.05, 3.63) is 46.2 Å². The number of rotatable bonds is 4. The van der Waals surface area contributed by atoms with E-state index < -0.39 is 0 Å². The second-order valence-corrected chi connectivity index (χ2v) is 7.38. The normalized spacial score (nSPS) is 15.8. The number of amides is 1. The molecule has 0 saturated heterocycles. The topological polar surface area (TPSA) is 54.9 Å². The van der Waals surface area contributed by atoms with Gasteiger partial charge in [-0.3, -0.25) is 9.78 Å². The number of nitrogens with zero attached hydrogens (tertiary/aromatic N) is 3. The van der Waals surface area contributed by atoms with Gasteiger partial charge in [0.2, 0.25) is 0 Å². The van der Waals surface area contributed by atoms with Crippen LogP contribution in [0.1, 0.15) is 15.9 Å². The molecule has 0 aliphatic carbocycles. The van der Waals surface area contributed by atoms with E-state index in [0.29, 0.717) is 23.6 Å². The van der Waals surface area contributed by atoms with E-state index in [-0.39, 0.29) is 24.4 Å². The lowest BCUT2D eigenvalue weighted by atomic mass is 9.95. The number of benzene rings is 1. The predicted octanol–water partition coefficient (Wildman–Crippen LogP) is 3.42. The van der Waals surface area contributed by atoms with Crippen molar-refractivity contribution in [2.24, 2.45) is 0 Å². The molecule has 6 nitrogen and oxygen atoms in total. The summed E-state index contributed by atoms with van der Waals surface area (Å²) in [7, 11) is 7.27. The lowest BCUT2D eigenvalue weighted by Crippen LogP contribution is -2.48. The summed E-state index contributed by atoms with van der Waals surface area (Å²) in [6, 6.07) is 5.84. The fourth-order valence-electron chi connectivity index (χ4n) is 3.18. The highest BCUT2D eigenvalue weighted by Gasteiger charge is 2.31. The van der Waals surface area contributed by atoms with Gasteiger partial charge in [-0.15, -0.1) is 12.4 Å². The smallest absolute Gasteiger partial charge is 0.259 e. The van der Waals surface area contributed by atoms with Gasteiger partial charge in [0, 0.05) is 35.5 Å². The number of fused-ring (bicyclic) bond motifs is 1. The maximum atomic E-state index is 13.2. The number of likely N-dealkylation sites (N-methyl/N-ethyl adjacent to an activating group) is 1. The third-order valence-electron chi connectivity index (χ3n) is 4.65. The summed E-state index contributed by atoms with van der Waals surface area (Å²) in [6.45, 7) is 0.598. The minimum Gasteiger partial charge on any atom is -0.493 e. The Morgan fingerprint density at radius 1 is 1.19 bits per heavy atom. The van der Waals surface area contributed by atoms with Crippen LogP contribution in [-0.2, 0) is 6.42 Å². The van der Waals surface area contributed by atoms with Gasteiger partial charge in [-0.25, -0.2) is 0 Å². The Balaban J connectivity index is 0.00000261. The summed E-state index contributed by atoms with van der Waals surface area (Å²) in [5.74, 6) is 1.20. The molecule has 146 valence electrons. The molecule has 0 spiro atoms. The van der Waals surface area contributed by atoms with Crippen molar-refractivity contribution >= 4 is 39.9 Å². The van der Waals surface area contributed by atoms with Crippen LogP contribution in [0.2, 0.25) is 0 Å². The Hall–Kier alpha value is -1.83. The summed E-state index contributed by atoms with van der Waals surface area (Å²) in [5, 5.41) is 0. The summed E-state index contributed by atoms with van der Waals surface area (Å²) in [5.41, 5.74) is 2.45. The second-order valence-electron chi connectivity index (χ2n) is 6.47. The summed E-state index contributed by atoms with van der Waals surface area (Å²) >= 11 is 3.38. The van der Waals surface area contributed by atoms with Crippen molar-refractivity contribution in [3.63, 3.8) is 0 Å². The van der Waals surface area contributed by atoms with E-state index in [4.69, 9.17) is 9.47 Å². The number of aromatic nitrogens is 1. The Morgan fingerprint density at radius 2 is 1.85 bits per heavy atom. The van der Waals surface area contributed by atoms with Crippen LogP contribution in [0.5, 0.6) is 11.5 Å². The maximum Gasteiger partial charge on any atom is 0.259 e. The average molecular weight is 457 g/mol. The summed E-state index contributed by atoms with van der Waals surface area (Å²) < 4.78 is 11.6. The van der Waals surface area contributed by atoms with Crippen LogP contribution in [0.3, 0.4) is 0 Å². The van der Waals surface area contributed by atoms with Gasteiger partial charge in [-0.1, -0.05) is 0 Å². The highest BCUT2D eigenvalue weighted by molar-refractivity contribution is 9.10. The first-order valence-electron chi connectivity index (χ1n) is 8.28. The van der Waals surface area contributed by atoms with Gasteiger partial charge in [-0.05, 0) is 54.1 Å². The lowest BCUT2D eigenvalue weighted by molar-refractivity contribution is 0.0975. The summed E-state index contributed by atoms with van der Waals surface area (Å²) in [4.78, 5) is 21.3. The first kappa shape index (κ1) is 21.5. The van der Waals surface area contributed by atoms with E-state index in [1.165, 1.54) is 0 Å². The van der Waals surface area contributed by atoms with Gasteiger partial charge in [0.1, 0.15) is 0 Å². The largest absolute Gasteiger partial charge is 0.493 e. The average Bonchev–Trinajstić information content (AvgIpc) is 2.65. The number of carbonyl (C=O) groups excluding carboxylic acids is 1. The lowest BCUT2D eigenvalue weighted by Gasteiger charge is -2.38. The van der Waals surface area contributed by atoms with Crippen molar-refractivity contribution in [3.8, 4) is 11.5 Å². The SMILES string of the molecule is COc1cc2c(cc1OC)N(C(=O)c1cncc(Br)c1)CC(N(C)C)C2.Cl. The molecule has 1 amide bonds. The Bertz CT molecular complexity index is 832. The van der Waals surface area contributed by atoms with Crippen molar-refractivity contribution in [2.75, 3.05) is 39.8 Å². The molecule has 3 rings (SSSR count). The number of hydrogen-bond donors (Lipinski definition) is 0. The van der Waals surface area contributed by atoms with E-state index in [9.17, 15) is 4.79 Å². The number of carbonyl (C=O) groups is 1. The van der Waals surface area contributed by atoms with Gasteiger partial charge in [-0.2, -0.15) is 0 Å². The molecule has 1 unspecified atom stereocenters. The number of pyridine rings is 1. The van der Waals surface area contributed by atoms with Crippen molar-refractivity contribution < 1.29 is 14.3 Å². The van der Waals surface area contributed by atoms with Crippen molar-refractivity contribution in [1.82, 2.24) is 9.88 Å². The zero-order valence-corrected chi connectivity index (χ0v) is 18.1. The molecule has 1 aliphatic heterocycles. The van der Waals surface area contributed by atoms with Crippen molar-refractivity contribution in [1.29, 1.82) is 0 Å². The molecule has 2 aromatic rings. The van der Waals surface area contributed by atoms with Crippen LogP contribution in [0.25, 0.3) is 0 Å². The minimum absolute atomic E-state index is 0. The number of ether oxygens (including phenoxy) is 2. The zero-order valence-electron chi connectivity index (χ0n) is 15.7. The molecule has 1 aromatic carbocycles. The number of halogens is 2. The third-order valence-corrected chi connectivity index (χ3v) is 5.09. The van der Waals surface area contributed by atoms with Crippen molar-refractivity contribution in [2.45, 2.75) is 12.5 Å². The van der Waals surface area contributed by atoms with Crippen LogP contribution in [0, 0.1) is 0 Å². The van der Waals surface area contributed by atoms with E-state index in [0.717, 1.165) is 22.1 Å². The van der Waals surface area contributed by atoms with Gasteiger partial charge in [0.15, 0.2) is 11.5 Å². The highest BCUT2D eigenvalue weighted by atomic mass is 79.9. The first-order valence-corrected chi connectivity index (χ1v) is 9.07. The number of hydrogen-bond acceptors (Lipinski definition) is 5. The molecule has 1 aromatic heterocycles. The molecule has 2 heterocycles. The molecule has 0 fully saturated rings. The molecule has 1 aliphatic rings. The van der Waals surface area contributed by atoms with Crippen LogP contribution >= 0.6 is 28.3 Å². The predicted molar refractivity (Wildman–Crippen MR) is 112 cm³/mol. The van der Waals surface area contributed by atoms with Crippen LogP contribution in [-0.4, -0.2) is 56.7 Å². The van der Waals surface area contributed by atoms with E-state index in [1.807, 2.05) is 26.2 Å². The Morgan fingerprint density at radius 3 is 2.44 bits per heavy atom. The standard InChI is InChI=1S/C19H22BrN3O3.ClH/c1-22(2)15-6-12-7-17(25-3)18(26-4)8-16(12)23(11-15)19(24)13-5-14(20)10-21-9-13;/h5,7-10,15H,6,11H2,1-4H3;1H. The Kier molecular flexibility index (Phi) is 7.08. The highest BCUT2D eigenvalue weighted by Crippen LogP contribution is 2.39. The fraction of sp³-hybridized carbons (Fsp3) is 0.368. The molecule has 27 heavy (non-hydrogen) atoms. The zero-order chi connectivity index (χ0) is 18.8. The first-order chi connectivity index (χ1) is 12.4. The minimum atomic E-state index is -0.0844. The fourth-order valence-corrected chi connectivity index (χ4v) is 3.54. The molecular weight excluding hydrogens is 434 g/mol. The van der Waals surface area contributed by atoms with Crippen LogP contribution in [0.4, 0.5) is 5.69 Å². The second kappa shape index (κ2) is 8.91.